The molecule has 2 N–H and O–H groups in total. The standard InChI is InChI=1S/C15H15ClN4O4S/c1-8(14(23)19-10-4-3-5-17-13(10)16)25-15-18-9(6-11(21)20-15)7-12(22)24-2/h3-6,8H,7H2,1-2H3,(H,19,23)(H,18,20,21)/t8-/m1/s1. The largest absolute Gasteiger partial charge is 0.469 e. The predicted octanol–water partition coefficient (Wildman–Crippen LogP) is 1.65. The van der Waals surface area contributed by atoms with E-state index in [0.717, 1.165) is 11.8 Å². The van der Waals surface area contributed by atoms with Crippen LogP contribution in [0.2, 0.25) is 5.15 Å². The van der Waals surface area contributed by atoms with E-state index in [1.54, 1.807) is 19.1 Å². The molecule has 10 heteroatoms. The summed E-state index contributed by atoms with van der Waals surface area (Å²) < 4.78 is 4.55. The number of thioether (sulfide) groups is 1. The maximum atomic E-state index is 12.3. The highest BCUT2D eigenvalue weighted by molar-refractivity contribution is 8.00. The van der Waals surface area contributed by atoms with E-state index in [2.05, 4.69) is 25.0 Å². The van der Waals surface area contributed by atoms with Crippen molar-refractivity contribution in [2.45, 2.75) is 23.8 Å². The van der Waals surface area contributed by atoms with Crippen LogP contribution in [0.5, 0.6) is 0 Å². The lowest BCUT2D eigenvalue weighted by Crippen LogP contribution is -2.23. The molecule has 0 saturated carbocycles. The summed E-state index contributed by atoms with van der Waals surface area (Å²) >= 11 is 6.95. The lowest BCUT2D eigenvalue weighted by atomic mass is 10.3. The molecular formula is C15H15ClN4O4S. The molecule has 132 valence electrons. The number of amides is 1. The van der Waals surface area contributed by atoms with Gasteiger partial charge < -0.3 is 15.0 Å². The number of hydrogen-bond donors (Lipinski definition) is 2. The Balaban J connectivity index is 2.08. The third kappa shape index (κ3) is 5.57. The summed E-state index contributed by atoms with van der Waals surface area (Å²) in [6.45, 7) is 1.65. The van der Waals surface area contributed by atoms with E-state index in [1.165, 1.54) is 19.4 Å². The van der Waals surface area contributed by atoms with Gasteiger partial charge in [0.25, 0.3) is 5.56 Å². The number of ether oxygens (including phenoxy) is 1. The Labute approximate surface area is 152 Å². The molecule has 0 aliphatic carbocycles. The fourth-order valence-corrected chi connectivity index (χ4v) is 2.78. The van der Waals surface area contributed by atoms with Gasteiger partial charge in [-0.3, -0.25) is 14.4 Å². The minimum absolute atomic E-state index is 0.125. The zero-order chi connectivity index (χ0) is 18.4. The Morgan fingerprint density at radius 2 is 2.24 bits per heavy atom. The van der Waals surface area contributed by atoms with Crippen molar-refractivity contribution in [2.75, 3.05) is 12.4 Å². The maximum Gasteiger partial charge on any atom is 0.311 e. The van der Waals surface area contributed by atoms with Crippen molar-refractivity contribution in [1.82, 2.24) is 15.0 Å². The van der Waals surface area contributed by atoms with Crippen molar-refractivity contribution < 1.29 is 14.3 Å². The molecule has 0 aliphatic rings. The molecule has 2 rings (SSSR count). The average Bonchev–Trinajstić information content (AvgIpc) is 2.56. The summed E-state index contributed by atoms with van der Waals surface area (Å²) in [5.74, 6) is -0.841. The molecular weight excluding hydrogens is 368 g/mol. The fraction of sp³-hybridized carbons (Fsp3) is 0.267. The molecule has 2 aromatic rings. The number of aromatic amines is 1. The first-order chi connectivity index (χ1) is 11.9. The second-order valence-corrected chi connectivity index (χ2v) is 6.57. The maximum absolute atomic E-state index is 12.3. The van der Waals surface area contributed by atoms with Crippen LogP contribution in [0.4, 0.5) is 5.69 Å². The van der Waals surface area contributed by atoms with Crippen LogP contribution in [0.25, 0.3) is 0 Å². The number of rotatable bonds is 6. The van der Waals surface area contributed by atoms with Gasteiger partial charge in [0.2, 0.25) is 5.91 Å². The first-order valence-corrected chi connectivity index (χ1v) is 8.40. The second kappa shape index (κ2) is 8.63. The van der Waals surface area contributed by atoms with Crippen molar-refractivity contribution in [1.29, 1.82) is 0 Å². The van der Waals surface area contributed by atoms with Crippen molar-refractivity contribution in [2.24, 2.45) is 0 Å². The number of nitrogens with one attached hydrogen (secondary N) is 2. The number of H-pyrrole nitrogens is 1. The smallest absolute Gasteiger partial charge is 0.311 e. The molecule has 0 fully saturated rings. The molecule has 0 aliphatic heterocycles. The van der Waals surface area contributed by atoms with E-state index >= 15 is 0 Å². The zero-order valence-corrected chi connectivity index (χ0v) is 15.0. The lowest BCUT2D eigenvalue weighted by molar-refractivity contribution is -0.139. The second-order valence-electron chi connectivity index (χ2n) is 4.89. The summed E-state index contributed by atoms with van der Waals surface area (Å²) in [6, 6.07) is 4.48. The first kappa shape index (κ1) is 18.9. The van der Waals surface area contributed by atoms with E-state index < -0.39 is 16.8 Å². The first-order valence-electron chi connectivity index (χ1n) is 7.14. The highest BCUT2D eigenvalue weighted by atomic mass is 35.5. The highest BCUT2D eigenvalue weighted by Gasteiger charge is 2.18. The SMILES string of the molecule is COC(=O)Cc1cc(=O)[nH]c(S[C@H](C)C(=O)Nc2cccnc2Cl)n1. The van der Waals surface area contributed by atoms with E-state index in [9.17, 15) is 14.4 Å². The lowest BCUT2D eigenvalue weighted by Gasteiger charge is -2.12. The number of hydrogen-bond acceptors (Lipinski definition) is 7. The van der Waals surface area contributed by atoms with E-state index in [-0.39, 0.29) is 28.3 Å². The van der Waals surface area contributed by atoms with Gasteiger partial charge in [-0.1, -0.05) is 23.4 Å². The normalized spacial score (nSPS) is 11.6. The van der Waals surface area contributed by atoms with Gasteiger partial charge in [-0.2, -0.15) is 0 Å². The van der Waals surface area contributed by atoms with Crippen molar-refractivity contribution >= 4 is 40.9 Å². The molecule has 1 amide bonds. The molecule has 0 saturated heterocycles. The van der Waals surface area contributed by atoms with Crippen LogP contribution in [-0.2, 0) is 20.7 Å². The molecule has 0 spiro atoms. The van der Waals surface area contributed by atoms with Crippen LogP contribution in [0, 0.1) is 0 Å². The number of aromatic nitrogens is 3. The molecule has 2 heterocycles. The van der Waals surface area contributed by atoms with Gasteiger partial charge in [0.05, 0.1) is 30.2 Å². The number of esters is 1. The summed E-state index contributed by atoms with van der Waals surface area (Å²) in [5.41, 5.74) is 0.239. The minimum Gasteiger partial charge on any atom is -0.469 e. The predicted molar refractivity (Wildman–Crippen MR) is 93.8 cm³/mol. The Morgan fingerprint density at radius 1 is 1.48 bits per heavy atom. The molecule has 0 radical (unpaired) electrons. The third-order valence-corrected chi connectivity index (χ3v) is 4.29. The minimum atomic E-state index is -0.576. The Kier molecular flexibility index (Phi) is 6.54. The van der Waals surface area contributed by atoms with Gasteiger partial charge in [0.1, 0.15) is 0 Å². The van der Waals surface area contributed by atoms with Gasteiger partial charge in [-0.05, 0) is 19.1 Å². The quantitative estimate of drug-likeness (QED) is 0.338. The van der Waals surface area contributed by atoms with Crippen molar-refractivity contribution in [3.05, 3.63) is 45.6 Å². The van der Waals surface area contributed by atoms with Gasteiger partial charge in [0, 0.05) is 12.3 Å². The van der Waals surface area contributed by atoms with Crippen LogP contribution in [0.1, 0.15) is 12.6 Å². The summed E-state index contributed by atoms with van der Waals surface area (Å²) in [4.78, 5) is 45.8. The topological polar surface area (TPSA) is 114 Å². The molecule has 0 bridgehead atoms. The van der Waals surface area contributed by atoms with Crippen molar-refractivity contribution in [3.63, 3.8) is 0 Å². The number of pyridine rings is 1. The number of anilines is 1. The average molecular weight is 383 g/mol. The van der Waals surface area contributed by atoms with Crippen LogP contribution in [-0.4, -0.2) is 39.2 Å². The van der Waals surface area contributed by atoms with E-state index in [1.807, 2.05) is 0 Å². The molecule has 1 atom stereocenters. The van der Waals surface area contributed by atoms with Gasteiger partial charge in [-0.25, -0.2) is 9.97 Å². The molecule has 0 unspecified atom stereocenters. The Morgan fingerprint density at radius 3 is 2.92 bits per heavy atom. The summed E-state index contributed by atoms with van der Waals surface area (Å²) in [7, 11) is 1.25. The van der Waals surface area contributed by atoms with Crippen LogP contribution in [0.15, 0.2) is 34.3 Å². The number of halogens is 1. The van der Waals surface area contributed by atoms with Crippen LogP contribution >= 0.6 is 23.4 Å². The van der Waals surface area contributed by atoms with Gasteiger partial charge >= 0.3 is 5.97 Å². The number of nitrogens with zero attached hydrogens (tertiary/aromatic N) is 2. The number of carbonyl (C=O) groups is 2. The van der Waals surface area contributed by atoms with Crippen molar-refractivity contribution in [3.8, 4) is 0 Å². The summed E-state index contributed by atoms with van der Waals surface area (Å²) in [6.07, 6.45) is 1.39. The Hall–Kier alpha value is -2.39. The third-order valence-electron chi connectivity index (χ3n) is 3.00. The van der Waals surface area contributed by atoms with E-state index in [0.29, 0.717) is 5.69 Å². The molecule has 25 heavy (non-hydrogen) atoms. The number of carbonyl (C=O) groups excluding carboxylic acids is 2. The van der Waals surface area contributed by atoms with Crippen LogP contribution < -0.4 is 10.9 Å². The summed E-state index contributed by atoms with van der Waals surface area (Å²) in [5, 5.41) is 2.48. The Bertz CT molecular complexity index is 842. The van der Waals surface area contributed by atoms with Crippen LogP contribution in [0.3, 0.4) is 0 Å². The molecule has 8 nitrogen and oxygen atoms in total. The zero-order valence-electron chi connectivity index (χ0n) is 13.4. The molecule has 0 aromatic carbocycles. The fourth-order valence-electron chi connectivity index (χ4n) is 1.78. The molecule has 2 aromatic heterocycles. The van der Waals surface area contributed by atoms with E-state index in [4.69, 9.17) is 11.6 Å². The monoisotopic (exact) mass is 382 g/mol. The number of methoxy groups -OCH3 is 1. The van der Waals surface area contributed by atoms with Gasteiger partial charge in [0.15, 0.2) is 10.3 Å². The highest BCUT2D eigenvalue weighted by Crippen LogP contribution is 2.22. The van der Waals surface area contributed by atoms with Gasteiger partial charge in [-0.15, -0.1) is 0 Å².